The summed E-state index contributed by atoms with van der Waals surface area (Å²) in [6.45, 7) is 0. The maximum absolute atomic E-state index is 12.8. The zero-order chi connectivity index (χ0) is 11.0. The van der Waals surface area contributed by atoms with Crippen LogP contribution in [0.2, 0.25) is 0 Å². The molecule has 1 aromatic carbocycles. The molecule has 76 valence electrons. The van der Waals surface area contributed by atoms with E-state index >= 15 is 0 Å². The first-order valence-corrected chi connectivity index (χ1v) is 3.22. The minimum absolute atomic E-state index is 1.36. The fourth-order valence-electron chi connectivity index (χ4n) is 0.839. The second-order valence-corrected chi connectivity index (χ2v) is 2.35. The predicted octanol–water partition coefficient (Wildman–Crippen LogP) is 1.52. The average Bonchev–Trinajstić information content (AvgIpc) is 2.11. The first-order valence-electron chi connectivity index (χ1n) is 3.22. The van der Waals surface area contributed by atoms with Crippen LogP contribution in [-0.4, -0.2) is 11.1 Å². The van der Waals surface area contributed by atoms with Gasteiger partial charge in [0.25, 0.3) is 0 Å². The van der Waals surface area contributed by atoms with E-state index in [1.165, 1.54) is 0 Å². The lowest BCUT2D eigenvalue weighted by atomic mass is 10.1. The van der Waals surface area contributed by atoms with Gasteiger partial charge in [-0.25, -0.2) is 22.4 Å². The molecule has 3 N–H and O–H groups in total. The van der Waals surface area contributed by atoms with Gasteiger partial charge in [-0.15, -0.1) is 0 Å². The summed E-state index contributed by atoms with van der Waals surface area (Å²) in [6, 6.07) is 0. The lowest BCUT2D eigenvalue weighted by molar-refractivity contribution is 0.0685. The van der Waals surface area contributed by atoms with Crippen molar-refractivity contribution in [1.29, 1.82) is 0 Å². The molecule has 0 aliphatic heterocycles. The van der Waals surface area contributed by atoms with Crippen LogP contribution in [0.3, 0.4) is 0 Å². The number of rotatable bonds is 1. The number of carboxylic acid groups (broad SMARTS) is 1. The van der Waals surface area contributed by atoms with E-state index in [4.69, 9.17) is 5.11 Å². The van der Waals surface area contributed by atoms with Crippen molar-refractivity contribution in [3.8, 4) is 0 Å². The van der Waals surface area contributed by atoms with Crippen molar-refractivity contribution in [2.45, 2.75) is 0 Å². The van der Waals surface area contributed by atoms with Crippen LogP contribution >= 0.6 is 0 Å². The number of carboxylic acids is 1. The van der Waals surface area contributed by atoms with Gasteiger partial charge in [-0.2, -0.15) is 0 Å². The van der Waals surface area contributed by atoms with Crippen LogP contribution in [0, 0.1) is 23.3 Å². The Kier molecular flexibility index (Phi) is 2.33. The van der Waals surface area contributed by atoms with Gasteiger partial charge in [0.2, 0.25) is 0 Å². The molecular formula is C7H3F4NO2. The summed E-state index contributed by atoms with van der Waals surface area (Å²) >= 11 is 0. The lowest BCUT2D eigenvalue weighted by Gasteiger charge is -2.05. The molecule has 0 aromatic heterocycles. The Morgan fingerprint density at radius 1 is 1.00 bits per heavy atom. The molecule has 3 nitrogen and oxygen atoms in total. The average molecular weight is 209 g/mol. The minimum atomic E-state index is -2.11. The zero-order valence-electron chi connectivity index (χ0n) is 6.44. The van der Waals surface area contributed by atoms with E-state index in [9.17, 15) is 22.4 Å². The van der Waals surface area contributed by atoms with E-state index in [0.717, 1.165) is 0 Å². The summed E-state index contributed by atoms with van der Waals surface area (Å²) in [4.78, 5) is 10.2. The van der Waals surface area contributed by atoms with Gasteiger partial charge < -0.3 is 10.8 Å². The molecule has 0 atom stereocenters. The topological polar surface area (TPSA) is 63.3 Å². The summed E-state index contributed by atoms with van der Waals surface area (Å²) in [7, 11) is 0. The predicted molar refractivity (Wildman–Crippen MR) is 37.6 cm³/mol. The Morgan fingerprint density at radius 2 is 1.50 bits per heavy atom. The highest BCUT2D eigenvalue weighted by atomic mass is 19.2. The standard InChI is InChI=1S/C7H3F4NO2/c8-2-1(7(13)14)3(9)6(12)5(11)4(2)10/h12H2,(H,13,14). The third-order valence-corrected chi connectivity index (χ3v) is 1.51. The number of halogens is 4. The van der Waals surface area contributed by atoms with E-state index in [2.05, 4.69) is 5.73 Å². The van der Waals surface area contributed by atoms with Gasteiger partial charge in [0.05, 0.1) is 0 Å². The molecular weight excluding hydrogens is 206 g/mol. The molecule has 1 aromatic rings. The molecule has 0 amide bonds. The summed E-state index contributed by atoms with van der Waals surface area (Å²) < 4.78 is 50.5. The number of carbonyl (C=O) groups is 1. The number of nitrogen functional groups attached to an aromatic ring is 1. The second-order valence-electron chi connectivity index (χ2n) is 2.35. The minimum Gasteiger partial charge on any atom is -0.477 e. The van der Waals surface area contributed by atoms with Gasteiger partial charge in [0.15, 0.2) is 23.3 Å². The lowest BCUT2D eigenvalue weighted by Crippen LogP contribution is -2.12. The molecule has 0 radical (unpaired) electrons. The summed E-state index contributed by atoms with van der Waals surface area (Å²) in [5.41, 5.74) is 1.70. The Hall–Kier alpha value is -1.79. The molecule has 0 spiro atoms. The zero-order valence-corrected chi connectivity index (χ0v) is 6.44. The summed E-state index contributed by atoms with van der Waals surface area (Å²) in [5, 5.41) is 8.26. The van der Waals surface area contributed by atoms with Crippen LogP contribution in [0.5, 0.6) is 0 Å². The number of hydrogen-bond donors (Lipinski definition) is 2. The molecule has 0 heterocycles. The quantitative estimate of drug-likeness (QED) is 0.319. The number of hydrogen-bond acceptors (Lipinski definition) is 2. The molecule has 0 aliphatic rings. The maximum Gasteiger partial charge on any atom is 0.341 e. The molecule has 1 rings (SSSR count). The fraction of sp³-hybridized carbons (Fsp3) is 0. The number of aromatic carboxylic acids is 1. The van der Waals surface area contributed by atoms with Crippen LogP contribution in [-0.2, 0) is 0 Å². The highest BCUT2D eigenvalue weighted by Gasteiger charge is 2.27. The molecule has 0 saturated heterocycles. The highest BCUT2D eigenvalue weighted by Crippen LogP contribution is 2.25. The van der Waals surface area contributed by atoms with Crippen LogP contribution in [0.25, 0.3) is 0 Å². The van der Waals surface area contributed by atoms with Crippen LogP contribution in [0.1, 0.15) is 10.4 Å². The Bertz CT molecular complexity index is 390. The molecule has 14 heavy (non-hydrogen) atoms. The maximum atomic E-state index is 12.8. The van der Waals surface area contributed by atoms with E-state index in [1.54, 1.807) is 0 Å². The molecule has 0 bridgehead atoms. The van der Waals surface area contributed by atoms with E-state index in [0.29, 0.717) is 0 Å². The first kappa shape index (κ1) is 10.3. The SMILES string of the molecule is Nc1c(F)c(F)c(F)c(C(=O)O)c1F. The first-order chi connectivity index (χ1) is 6.37. The molecule has 0 aliphatic carbocycles. The molecule has 0 fully saturated rings. The van der Waals surface area contributed by atoms with Crippen molar-refractivity contribution < 1.29 is 27.5 Å². The Labute approximate surface area is 74.8 Å². The Morgan fingerprint density at radius 3 is 1.93 bits per heavy atom. The number of anilines is 1. The summed E-state index contributed by atoms with van der Waals surface area (Å²) in [5.74, 6) is -10.0. The third-order valence-electron chi connectivity index (χ3n) is 1.51. The van der Waals surface area contributed by atoms with Crippen LogP contribution in [0.15, 0.2) is 0 Å². The van der Waals surface area contributed by atoms with Crippen molar-refractivity contribution in [3.05, 3.63) is 28.8 Å². The smallest absolute Gasteiger partial charge is 0.341 e. The molecule has 0 unspecified atom stereocenters. The van der Waals surface area contributed by atoms with Crippen molar-refractivity contribution in [2.24, 2.45) is 0 Å². The van der Waals surface area contributed by atoms with Gasteiger partial charge in [0, 0.05) is 0 Å². The van der Waals surface area contributed by atoms with Gasteiger partial charge in [0.1, 0.15) is 11.3 Å². The van der Waals surface area contributed by atoms with Gasteiger partial charge in [-0.3, -0.25) is 0 Å². The van der Waals surface area contributed by atoms with Crippen molar-refractivity contribution in [2.75, 3.05) is 5.73 Å². The van der Waals surface area contributed by atoms with Crippen LogP contribution < -0.4 is 5.73 Å². The van der Waals surface area contributed by atoms with Crippen molar-refractivity contribution in [3.63, 3.8) is 0 Å². The monoisotopic (exact) mass is 209 g/mol. The van der Waals surface area contributed by atoms with Gasteiger partial charge >= 0.3 is 5.97 Å². The normalized spacial score (nSPS) is 10.3. The van der Waals surface area contributed by atoms with E-state index in [1.807, 2.05) is 0 Å². The van der Waals surface area contributed by atoms with E-state index in [-0.39, 0.29) is 0 Å². The number of nitrogens with two attached hydrogens (primary N) is 1. The molecule has 7 heteroatoms. The van der Waals surface area contributed by atoms with Crippen molar-refractivity contribution >= 4 is 11.7 Å². The third kappa shape index (κ3) is 1.26. The Balaban J connectivity index is 3.68. The highest BCUT2D eigenvalue weighted by molar-refractivity contribution is 5.89. The number of benzene rings is 1. The largest absolute Gasteiger partial charge is 0.477 e. The van der Waals surface area contributed by atoms with Gasteiger partial charge in [-0.1, -0.05) is 0 Å². The van der Waals surface area contributed by atoms with Crippen LogP contribution in [0.4, 0.5) is 23.2 Å². The van der Waals surface area contributed by atoms with Gasteiger partial charge in [-0.05, 0) is 0 Å². The second kappa shape index (κ2) is 3.17. The van der Waals surface area contributed by atoms with Crippen molar-refractivity contribution in [1.82, 2.24) is 0 Å². The summed E-state index contributed by atoms with van der Waals surface area (Å²) in [6.07, 6.45) is 0. The molecule has 0 saturated carbocycles. The van der Waals surface area contributed by atoms with E-state index < -0.39 is 40.5 Å². The fourth-order valence-corrected chi connectivity index (χ4v) is 0.839.